The molecule has 1 fully saturated rings. The van der Waals surface area contributed by atoms with E-state index in [2.05, 4.69) is 0 Å². The number of benzene rings is 1. The van der Waals surface area contributed by atoms with Crippen molar-refractivity contribution in [3.63, 3.8) is 0 Å². The molecule has 0 bridgehead atoms. The van der Waals surface area contributed by atoms with E-state index in [-0.39, 0.29) is 5.75 Å². The summed E-state index contributed by atoms with van der Waals surface area (Å²) >= 11 is 0. The molecule has 1 N–H and O–H groups in total. The van der Waals surface area contributed by atoms with E-state index in [9.17, 15) is 9.50 Å². The van der Waals surface area contributed by atoms with Gasteiger partial charge in [0.25, 0.3) is 0 Å². The molecule has 3 nitrogen and oxygen atoms in total. The van der Waals surface area contributed by atoms with Crippen molar-refractivity contribution < 1.29 is 19.0 Å². The van der Waals surface area contributed by atoms with Gasteiger partial charge in [0.2, 0.25) is 0 Å². The highest BCUT2D eigenvalue weighted by atomic mass is 19.1. The average Bonchev–Trinajstić information content (AvgIpc) is 3.06. The van der Waals surface area contributed by atoms with Crippen molar-refractivity contribution in [2.45, 2.75) is 31.3 Å². The van der Waals surface area contributed by atoms with E-state index in [4.69, 9.17) is 9.47 Å². The molecule has 0 amide bonds. The summed E-state index contributed by atoms with van der Waals surface area (Å²) in [5.41, 5.74) is 0.227. The molecule has 0 aromatic heterocycles. The molecule has 0 saturated heterocycles. The van der Waals surface area contributed by atoms with Gasteiger partial charge in [-0.1, -0.05) is 6.07 Å². The summed E-state index contributed by atoms with van der Waals surface area (Å²) < 4.78 is 24.5. The maximum Gasteiger partial charge on any atom is 0.197 e. The van der Waals surface area contributed by atoms with E-state index in [0.717, 1.165) is 24.8 Å². The van der Waals surface area contributed by atoms with Crippen LogP contribution in [0.5, 0.6) is 11.5 Å². The Bertz CT molecular complexity index is 441. The molecule has 0 unspecified atom stereocenters. The molecular weight excluding hydrogens is 223 g/mol. The monoisotopic (exact) mass is 238 g/mol. The fourth-order valence-electron chi connectivity index (χ4n) is 2.09. The van der Waals surface area contributed by atoms with E-state index in [1.54, 1.807) is 6.07 Å². The second-order valence-corrected chi connectivity index (χ2v) is 4.82. The largest absolute Gasteiger partial charge is 0.489 e. The normalized spacial score (nSPS) is 20.8. The summed E-state index contributed by atoms with van der Waals surface area (Å²) in [5.74, 6) is 0.278. The molecule has 4 heteroatoms. The molecule has 3 rings (SSSR count). The zero-order chi connectivity index (χ0) is 11.9. The predicted octanol–water partition coefficient (Wildman–Crippen LogP) is 2.05. The molecule has 0 spiro atoms. The third-order valence-corrected chi connectivity index (χ3v) is 3.27. The molecule has 92 valence electrons. The lowest BCUT2D eigenvalue weighted by Crippen LogP contribution is -2.12. The lowest BCUT2D eigenvalue weighted by atomic mass is 10.0. The second-order valence-electron chi connectivity index (χ2n) is 4.82. The fourth-order valence-corrected chi connectivity index (χ4v) is 2.09. The van der Waals surface area contributed by atoms with Crippen LogP contribution >= 0.6 is 0 Å². The number of ether oxygens (including phenoxy) is 2. The summed E-state index contributed by atoms with van der Waals surface area (Å²) in [4.78, 5) is 0. The van der Waals surface area contributed by atoms with E-state index in [0.29, 0.717) is 25.4 Å². The maximum atomic E-state index is 13.6. The summed E-state index contributed by atoms with van der Waals surface area (Å²) in [6, 6.07) is 3.06. The first-order valence-electron chi connectivity index (χ1n) is 5.97. The highest BCUT2D eigenvalue weighted by molar-refractivity contribution is 5.49. The number of aliphatic hydroxyl groups is 1. The fraction of sp³-hybridized carbons (Fsp3) is 0.538. The van der Waals surface area contributed by atoms with Gasteiger partial charge in [0, 0.05) is 18.4 Å². The molecule has 1 aromatic carbocycles. The van der Waals surface area contributed by atoms with E-state index in [1.807, 2.05) is 0 Å². The molecule has 1 saturated carbocycles. The van der Waals surface area contributed by atoms with Crippen LogP contribution in [0, 0.1) is 5.82 Å². The first-order chi connectivity index (χ1) is 8.18. The van der Waals surface area contributed by atoms with Crippen molar-refractivity contribution >= 4 is 0 Å². The van der Waals surface area contributed by atoms with Crippen LogP contribution in [0.1, 0.15) is 24.8 Å². The van der Waals surface area contributed by atoms with Gasteiger partial charge in [-0.3, -0.25) is 0 Å². The Balaban J connectivity index is 1.97. The molecular formula is C13H15FO3. The smallest absolute Gasteiger partial charge is 0.197 e. The molecule has 0 atom stereocenters. The number of fused-ring (bicyclic) bond motifs is 1. The van der Waals surface area contributed by atoms with Gasteiger partial charge < -0.3 is 14.6 Å². The Labute approximate surface area is 99.2 Å². The Morgan fingerprint density at radius 3 is 2.59 bits per heavy atom. The zero-order valence-corrected chi connectivity index (χ0v) is 9.54. The van der Waals surface area contributed by atoms with Gasteiger partial charge >= 0.3 is 0 Å². The van der Waals surface area contributed by atoms with E-state index in [1.165, 1.54) is 6.07 Å². The van der Waals surface area contributed by atoms with Crippen molar-refractivity contribution in [3.05, 3.63) is 23.5 Å². The van der Waals surface area contributed by atoms with Crippen LogP contribution in [-0.2, 0) is 6.42 Å². The first-order valence-corrected chi connectivity index (χ1v) is 5.97. The number of hydrogen-bond donors (Lipinski definition) is 1. The van der Waals surface area contributed by atoms with Gasteiger partial charge in [0.1, 0.15) is 0 Å². The molecule has 1 aliphatic heterocycles. The summed E-state index contributed by atoms with van der Waals surface area (Å²) in [7, 11) is 0. The first kappa shape index (κ1) is 10.8. The predicted molar refractivity (Wildman–Crippen MR) is 59.9 cm³/mol. The van der Waals surface area contributed by atoms with Crippen molar-refractivity contribution in [2.24, 2.45) is 0 Å². The van der Waals surface area contributed by atoms with E-state index >= 15 is 0 Å². The molecule has 1 heterocycles. The van der Waals surface area contributed by atoms with Crippen LogP contribution in [-0.4, -0.2) is 23.9 Å². The Hall–Kier alpha value is -1.29. The summed E-state index contributed by atoms with van der Waals surface area (Å²) in [5, 5.41) is 9.93. The number of hydrogen-bond acceptors (Lipinski definition) is 3. The highest BCUT2D eigenvalue weighted by Gasteiger charge is 2.41. The highest BCUT2D eigenvalue weighted by Crippen LogP contribution is 2.43. The quantitative estimate of drug-likeness (QED) is 0.857. The minimum atomic E-state index is -0.610. The topological polar surface area (TPSA) is 38.7 Å². The van der Waals surface area contributed by atoms with Gasteiger partial charge in [-0.25, -0.2) is 4.39 Å². The SMILES string of the molecule is OC1(Cc2ccc(F)c3c2OCCCO3)CC1. The third kappa shape index (κ3) is 2.09. The summed E-state index contributed by atoms with van der Waals surface area (Å²) in [6.07, 6.45) is 2.87. The Morgan fingerprint density at radius 1 is 1.18 bits per heavy atom. The Kier molecular flexibility index (Phi) is 2.47. The average molecular weight is 238 g/mol. The van der Waals surface area contributed by atoms with Crippen LogP contribution in [0.4, 0.5) is 4.39 Å². The molecule has 1 aliphatic carbocycles. The van der Waals surface area contributed by atoms with Gasteiger partial charge in [-0.15, -0.1) is 0 Å². The molecule has 2 aliphatic rings. The van der Waals surface area contributed by atoms with Gasteiger partial charge in [-0.2, -0.15) is 0 Å². The molecule has 1 aromatic rings. The van der Waals surface area contributed by atoms with Gasteiger partial charge in [0.15, 0.2) is 17.3 Å². The lowest BCUT2D eigenvalue weighted by Gasteiger charge is -2.15. The summed E-state index contributed by atoms with van der Waals surface area (Å²) in [6.45, 7) is 1.000. The minimum Gasteiger partial charge on any atom is -0.489 e. The Morgan fingerprint density at radius 2 is 1.88 bits per heavy atom. The standard InChI is InChI=1S/C13H15FO3/c14-10-3-2-9(8-13(15)4-5-13)11-12(10)17-7-1-6-16-11/h2-3,15H,1,4-8H2. The van der Waals surface area contributed by atoms with Crippen molar-refractivity contribution in [3.8, 4) is 11.5 Å². The molecule has 17 heavy (non-hydrogen) atoms. The second kappa shape index (κ2) is 3.88. The van der Waals surface area contributed by atoms with Crippen LogP contribution in [0.2, 0.25) is 0 Å². The number of halogens is 1. The van der Waals surface area contributed by atoms with Crippen molar-refractivity contribution in [1.29, 1.82) is 0 Å². The van der Waals surface area contributed by atoms with Crippen molar-refractivity contribution in [2.75, 3.05) is 13.2 Å². The minimum absolute atomic E-state index is 0.198. The van der Waals surface area contributed by atoms with Crippen LogP contribution in [0.25, 0.3) is 0 Å². The van der Waals surface area contributed by atoms with Crippen LogP contribution in [0.15, 0.2) is 12.1 Å². The maximum absolute atomic E-state index is 13.6. The van der Waals surface area contributed by atoms with Crippen LogP contribution in [0.3, 0.4) is 0 Å². The third-order valence-electron chi connectivity index (χ3n) is 3.27. The van der Waals surface area contributed by atoms with Gasteiger partial charge in [-0.05, 0) is 18.9 Å². The lowest BCUT2D eigenvalue weighted by molar-refractivity contribution is 0.149. The van der Waals surface area contributed by atoms with Crippen LogP contribution < -0.4 is 9.47 Å². The zero-order valence-electron chi connectivity index (χ0n) is 9.54. The molecule has 0 radical (unpaired) electrons. The number of rotatable bonds is 2. The van der Waals surface area contributed by atoms with Gasteiger partial charge in [0.05, 0.1) is 18.8 Å². The van der Waals surface area contributed by atoms with Crippen molar-refractivity contribution in [1.82, 2.24) is 0 Å². The van der Waals surface area contributed by atoms with E-state index < -0.39 is 11.4 Å².